The Balaban J connectivity index is 2.60. The third-order valence-electron chi connectivity index (χ3n) is 3.30. The summed E-state index contributed by atoms with van der Waals surface area (Å²) in [6.45, 7) is 4.20. The first-order valence-electron chi connectivity index (χ1n) is 8.34. The maximum atomic E-state index is 12.1. The first kappa shape index (κ1) is 21.0. The quantitative estimate of drug-likeness (QED) is 0.313. The number of thiophene rings is 1. The predicted octanol–water partition coefficient (Wildman–Crippen LogP) is 4.15. The summed E-state index contributed by atoms with van der Waals surface area (Å²) < 4.78 is 10.0. The minimum Gasteiger partial charge on any atom is -0.466 e. The molecular formula is C17H26BrNO4S. The van der Waals surface area contributed by atoms with Crippen LogP contribution >= 0.6 is 27.3 Å². The molecule has 0 saturated carbocycles. The smallest absolute Gasteiger partial charge is 0.328 e. The number of anilines is 1. The van der Waals surface area contributed by atoms with Crippen LogP contribution in [0.1, 0.15) is 44.4 Å². The first-order valence-corrected chi connectivity index (χ1v) is 10.3. The van der Waals surface area contributed by atoms with Gasteiger partial charge in [-0.05, 0) is 51.7 Å². The van der Waals surface area contributed by atoms with Gasteiger partial charge >= 0.3 is 11.9 Å². The van der Waals surface area contributed by atoms with E-state index >= 15 is 0 Å². The Morgan fingerprint density at radius 3 is 2.62 bits per heavy atom. The highest BCUT2D eigenvalue weighted by atomic mass is 79.9. The Labute approximate surface area is 156 Å². The molecule has 0 aliphatic carbocycles. The fourth-order valence-electron chi connectivity index (χ4n) is 2.14. The molecule has 1 aromatic rings. The zero-order valence-corrected chi connectivity index (χ0v) is 16.7. The second-order valence-corrected chi connectivity index (χ2v) is 7.17. The van der Waals surface area contributed by atoms with Crippen LogP contribution in [0, 0.1) is 0 Å². The van der Waals surface area contributed by atoms with E-state index in [0.29, 0.717) is 19.6 Å². The number of carbonyl (C=O) groups excluding carboxylic acids is 2. The van der Waals surface area contributed by atoms with Gasteiger partial charge in [0.05, 0.1) is 18.2 Å². The molecule has 24 heavy (non-hydrogen) atoms. The Morgan fingerprint density at radius 1 is 1.21 bits per heavy atom. The maximum Gasteiger partial charge on any atom is 0.328 e. The van der Waals surface area contributed by atoms with E-state index in [1.54, 1.807) is 25.2 Å². The Hall–Kier alpha value is -1.08. The first-order chi connectivity index (χ1) is 11.6. The van der Waals surface area contributed by atoms with E-state index < -0.39 is 6.04 Å². The molecule has 5 nitrogen and oxygen atoms in total. The molecule has 0 radical (unpaired) electrons. The normalized spacial score (nSPS) is 11.8. The highest BCUT2D eigenvalue weighted by molar-refractivity contribution is 9.09. The molecule has 0 amide bonds. The molecule has 0 fully saturated rings. The summed E-state index contributed by atoms with van der Waals surface area (Å²) in [7, 11) is 0. The lowest BCUT2D eigenvalue weighted by atomic mass is 10.1. The van der Waals surface area contributed by atoms with Crippen molar-refractivity contribution in [2.75, 3.05) is 23.9 Å². The van der Waals surface area contributed by atoms with Gasteiger partial charge in [0.25, 0.3) is 0 Å². The van der Waals surface area contributed by atoms with Crippen molar-refractivity contribution in [2.45, 2.75) is 52.0 Å². The third kappa shape index (κ3) is 8.15. The number of ether oxygens (including phenoxy) is 2. The van der Waals surface area contributed by atoms with Crippen LogP contribution in [0.5, 0.6) is 0 Å². The lowest BCUT2D eigenvalue weighted by Gasteiger charge is -2.16. The van der Waals surface area contributed by atoms with Crippen molar-refractivity contribution in [1.29, 1.82) is 0 Å². The Kier molecular flexibility index (Phi) is 10.7. The number of carbonyl (C=O) groups is 2. The highest BCUT2D eigenvalue weighted by Crippen LogP contribution is 2.25. The molecule has 1 N–H and O–H groups in total. The summed E-state index contributed by atoms with van der Waals surface area (Å²) in [5, 5.41) is 5.14. The minimum atomic E-state index is -0.539. The molecule has 0 aliphatic heterocycles. The number of halogens is 1. The summed E-state index contributed by atoms with van der Waals surface area (Å²) in [5.41, 5.74) is 0. The van der Waals surface area contributed by atoms with Gasteiger partial charge in [0.15, 0.2) is 0 Å². The fraction of sp³-hybridized carbons (Fsp3) is 0.647. The average Bonchev–Trinajstić information content (AvgIpc) is 2.99. The molecule has 0 aliphatic rings. The zero-order chi connectivity index (χ0) is 17.8. The lowest BCUT2D eigenvalue weighted by Crippen LogP contribution is -2.32. The molecule has 0 aromatic carbocycles. The Bertz CT molecular complexity index is 507. The SMILES string of the molecule is CCOC(=O)CC[C@H](Nc1ccc(CCCCBr)s1)C(=O)OCC. The number of hydrogen-bond acceptors (Lipinski definition) is 6. The molecule has 1 rings (SSSR count). The zero-order valence-electron chi connectivity index (χ0n) is 14.3. The summed E-state index contributed by atoms with van der Waals surface area (Å²) in [6.07, 6.45) is 3.86. The topological polar surface area (TPSA) is 64.6 Å². The van der Waals surface area contributed by atoms with Gasteiger partial charge in [-0.15, -0.1) is 11.3 Å². The van der Waals surface area contributed by atoms with Crippen molar-refractivity contribution >= 4 is 44.2 Å². The Morgan fingerprint density at radius 2 is 1.96 bits per heavy atom. The average molecular weight is 420 g/mol. The van der Waals surface area contributed by atoms with E-state index in [9.17, 15) is 9.59 Å². The molecule has 1 atom stereocenters. The molecule has 7 heteroatoms. The van der Waals surface area contributed by atoms with Gasteiger partial charge in [-0.2, -0.15) is 0 Å². The number of rotatable bonds is 12. The van der Waals surface area contributed by atoms with Gasteiger partial charge in [0.2, 0.25) is 0 Å². The molecule has 1 aromatic heterocycles. The van der Waals surface area contributed by atoms with Gasteiger partial charge < -0.3 is 14.8 Å². The number of alkyl halides is 1. The standard InChI is InChI=1S/C17H26BrNO4S/c1-3-22-16(20)11-9-14(17(21)23-4-2)19-15-10-8-13(24-15)7-5-6-12-18/h8,10,14,19H,3-7,9,11-12H2,1-2H3/t14-/m0/s1. The van der Waals surface area contributed by atoms with Crippen molar-refractivity contribution < 1.29 is 19.1 Å². The van der Waals surface area contributed by atoms with Crippen LogP contribution in [0.2, 0.25) is 0 Å². The van der Waals surface area contributed by atoms with E-state index in [0.717, 1.165) is 29.6 Å². The molecule has 0 unspecified atom stereocenters. The van der Waals surface area contributed by atoms with Crippen molar-refractivity contribution in [2.24, 2.45) is 0 Å². The van der Waals surface area contributed by atoms with Gasteiger partial charge in [0.1, 0.15) is 6.04 Å². The molecular weight excluding hydrogens is 394 g/mol. The number of aryl methyl sites for hydroxylation is 1. The summed E-state index contributed by atoms with van der Waals surface area (Å²) in [4.78, 5) is 24.9. The third-order valence-corrected chi connectivity index (χ3v) is 4.94. The monoisotopic (exact) mass is 419 g/mol. The van der Waals surface area contributed by atoms with E-state index in [1.165, 1.54) is 4.88 Å². The molecule has 1 heterocycles. The van der Waals surface area contributed by atoms with Crippen LogP contribution in [0.4, 0.5) is 5.00 Å². The minimum absolute atomic E-state index is 0.188. The van der Waals surface area contributed by atoms with Crippen LogP contribution in [0.25, 0.3) is 0 Å². The van der Waals surface area contributed by atoms with E-state index in [1.807, 2.05) is 6.07 Å². The van der Waals surface area contributed by atoms with Crippen LogP contribution in [-0.4, -0.2) is 36.5 Å². The molecule has 0 bridgehead atoms. The van der Waals surface area contributed by atoms with Crippen molar-refractivity contribution in [3.8, 4) is 0 Å². The summed E-state index contributed by atoms with van der Waals surface area (Å²) >= 11 is 5.07. The van der Waals surface area contributed by atoms with Crippen LogP contribution < -0.4 is 5.32 Å². The number of unbranched alkanes of at least 4 members (excludes halogenated alkanes) is 1. The van der Waals surface area contributed by atoms with Gasteiger partial charge in [-0.3, -0.25) is 4.79 Å². The number of nitrogens with one attached hydrogen (secondary N) is 1. The number of esters is 2. The van der Waals surface area contributed by atoms with Crippen molar-refractivity contribution in [1.82, 2.24) is 0 Å². The van der Waals surface area contributed by atoms with Crippen LogP contribution in [0.3, 0.4) is 0 Å². The van der Waals surface area contributed by atoms with Crippen molar-refractivity contribution in [3.05, 3.63) is 17.0 Å². The van der Waals surface area contributed by atoms with Gasteiger partial charge in [-0.25, -0.2) is 4.79 Å². The fourth-order valence-corrected chi connectivity index (χ4v) is 3.54. The lowest BCUT2D eigenvalue weighted by molar-refractivity contribution is -0.145. The molecule has 0 saturated heterocycles. The maximum absolute atomic E-state index is 12.1. The van der Waals surface area contributed by atoms with Gasteiger partial charge in [0, 0.05) is 16.6 Å². The van der Waals surface area contributed by atoms with E-state index in [4.69, 9.17) is 9.47 Å². The largest absolute Gasteiger partial charge is 0.466 e. The van der Waals surface area contributed by atoms with E-state index in [2.05, 4.69) is 27.3 Å². The number of hydrogen-bond donors (Lipinski definition) is 1. The van der Waals surface area contributed by atoms with E-state index in [-0.39, 0.29) is 18.4 Å². The van der Waals surface area contributed by atoms with Crippen LogP contribution in [-0.2, 0) is 25.5 Å². The van der Waals surface area contributed by atoms with Crippen LogP contribution in [0.15, 0.2) is 12.1 Å². The second kappa shape index (κ2) is 12.3. The molecule has 0 spiro atoms. The second-order valence-electron chi connectivity index (χ2n) is 5.20. The van der Waals surface area contributed by atoms with Crippen molar-refractivity contribution in [3.63, 3.8) is 0 Å². The molecule has 136 valence electrons. The summed E-state index contributed by atoms with van der Waals surface area (Å²) in [5.74, 6) is -0.633. The van der Waals surface area contributed by atoms with Gasteiger partial charge in [-0.1, -0.05) is 15.9 Å². The predicted molar refractivity (Wildman–Crippen MR) is 101 cm³/mol. The summed E-state index contributed by atoms with van der Waals surface area (Å²) in [6, 6.07) is 3.52. The highest BCUT2D eigenvalue weighted by Gasteiger charge is 2.21.